The first kappa shape index (κ1) is 15.3. The molecule has 1 aromatic carbocycles. The first-order chi connectivity index (χ1) is 12.2. The summed E-state index contributed by atoms with van der Waals surface area (Å²) >= 11 is 0. The smallest absolute Gasteiger partial charge is 0.164 e. The molecule has 1 aliphatic rings. The predicted molar refractivity (Wildman–Crippen MR) is 90.1 cm³/mol. The third kappa shape index (κ3) is 3.06. The molecule has 2 aromatic heterocycles. The minimum Gasteiger partial charge on any atom is -0.366 e. The van der Waals surface area contributed by atoms with Crippen LogP contribution in [-0.2, 0) is 13.0 Å². The topological polar surface area (TPSA) is 79.4 Å². The van der Waals surface area contributed by atoms with Gasteiger partial charge in [-0.05, 0) is 42.8 Å². The summed E-state index contributed by atoms with van der Waals surface area (Å²) in [5.41, 5.74) is 1.38. The number of benzene rings is 1. The number of hydrogen-bond acceptors (Lipinski definition) is 5. The van der Waals surface area contributed by atoms with E-state index in [0.29, 0.717) is 12.1 Å². The maximum absolute atomic E-state index is 13.1. The summed E-state index contributed by atoms with van der Waals surface area (Å²) in [7, 11) is 0. The number of rotatable bonds is 3. The molecule has 3 heterocycles. The average Bonchev–Trinajstić information content (AvgIpc) is 3.06. The van der Waals surface area contributed by atoms with Crippen molar-refractivity contribution in [1.82, 2.24) is 19.7 Å². The molecule has 25 heavy (non-hydrogen) atoms. The summed E-state index contributed by atoms with van der Waals surface area (Å²) in [6.45, 7) is 0.705. The molecule has 0 saturated carbocycles. The van der Waals surface area contributed by atoms with Crippen LogP contribution in [0.4, 0.5) is 10.2 Å². The molecule has 0 saturated heterocycles. The van der Waals surface area contributed by atoms with E-state index in [1.165, 1.54) is 12.1 Å². The van der Waals surface area contributed by atoms with Crippen molar-refractivity contribution in [3.05, 3.63) is 59.8 Å². The van der Waals surface area contributed by atoms with Gasteiger partial charge in [0.1, 0.15) is 23.5 Å². The number of hydrogen-bond donors (Lipinski definition) is 1. The van der Waals surface area contributed by atoms with Gasteiger partial charge in [0, 0.05) is 30.8 Å². The highest BCUT2D eigenvalue weighted by atomic mass is 19.1. The number of nitrogens with zero attached hydrogens (tertiary/aromatic N) is 5. The highest BCUT2D eigenvalue weighted by Gasteiger charge is 2.23. The van der Waals surface area contributed by atoms with Gasteiger partial charge >= 0.3 is 0 Å². The summed E-state index contributed by atoms with van der Waals surface area (Å²) in [5, 5.41) is 20.8. The molecule has 4 rings (SSSR count). The molecule has 1 N–H and O–H groups in total. The van der Waals surface area contributed by atoms with E-state index in [2.05, 4.69) is 31.1 Å². The number of pyridine rings is 1. The van der Waals surface area contributed by atoms with Crippen molar-refractivity contribution < 1.29 is 4.39 Å². The summed E-state index contributed by atoms with van der Waals surface area (Å²) in [6, 6.07) is 12.1. The van der Waals surface area contributed by atoms with Gasteiger partial charge in [-0.1, -0.05) is 0 Å². The number of nitriles is 1. The van der Waals surface area contributed by atoms with Gasteiger partial charge in [0.05, 0.1) is 5.56 Å². The number of fused-ring (bicyclic) bond motifs is 1. The van der Waals surface area contributed by atoms with Crippen LogP contribution in [0, 0.1) is 17.1 Å². The van der Waals surface area contributed by atoms with E-state index in [1.807, 2.05) is 0 Å². The molecule has 6 nitrogen and oxygen atoms in total. The first-order valence-corrected chi connectivity index (χ1v) is 8.03. The molecule has 1 unspecified atom stereocenters. The van der Waals surface area contributed by atoms with E-state index in [1.54, 1.807) is 30.5 Å². The maximum atomic E-state index is 13.1. The maximum Gasteiger partial charge on any atom is 0.164 e. The second kappa shape index (κ2) is 6.32. The lowest BCUT2D eigenvalue weighted by molar-refractivity contribution is 0.478. The highest BCUT2D eigenvalue weighted by molar-refractivity contribution is 5.55. The summed E-state index contributed by atoms with van der Waals surface area (Å²) in [4.78, 5) is 4.26. The molecule has 0 bridgehead atoms. The largest absolute Gasteiger partial charge is 0.366 e. The third-order valence-corrected chi connectivity index (χ3v) is 4.29. The van der Waals surface area contributed by atoms with Crippen molar-refractivity contribution in [2.45, 2.75) is 25.4 Å². The molecule has 0 radical (unpaired) electrons. The molecule has 0 fully saturated rings. The molecule has 1 atom stereocenters. The number of halogens is 1. The molecule has 0 aliphatic carbocycles. The van der Waals surface area contributed by atoms with Crippen LogP contribution >= 0.6 is 0 Å². The van der Waals surface area contributed by atoms with Crippen LogP contribution in [0.5, 0.6) is 0 Å². The fourth-order valence-electron chi connectivity index (χ4n) is 3.01. The van der Waals surface area contributed by atoms with E-state index in [-0.39, 0.29) is 11.9 Å². The van der Waals surface area contributed by atoms with E-state index in [0.717, 1.165) is 35.9 Å². The van der Waals surface area contributed by atoms with E-state index < -0.39 is 0 Å². The molecule has 1 aliphatic heterocycles. The molecule has 0 spiro atoms. The summed E-state index contributed by atoms with van der Waals surface area (Å²) in [5.74, 6) is 2.15. The van der Waals surface area contributed by atoms with Crippen molar-refractivity contribution in [2.24, 2.45) is 0 Å². The second-order valence-electron chi connectivity index (χ2n) is 5.98. The van der Waals surface area contributed by atoms with Gasteiger partial charge in [-0.15, -0.1) is 10.2 Å². The van der Waals surface area contributed by atoms with Crippen molar-refractivity contribution in [3.8, 4) is 17.5 Å². The summed E-state index contributed by atoms with van der Waals surface area (Å²) < 4.78 is 15.2. The van der Waals surface area contributed by atoms with Crippen molar-refractivity contribution in [2.75, 3.05) is 5.32 Å². The van der Waals surface area contributed by atoms with Gasteiger partial charge in [0.2, 0.25) is 0 Å². The molecule has 3 aromatic rings. The zero-order chi connectivity index (χ0) is 17.2. The molecule has 124 valence electrons. The Hall–Kier alpha value is -3.27. The zero-order valence-electron chi connectivity index (χ0n) is 13.4. The number of aromatic nitrogens is 4. The van der Waals surface area contributed by atoms with E-state index >= 15 is 0 Å². The van der Waals surface area contributed by atoms with Crippen LogP contribution in [0.3, 0.4) is 0 Å². The van der Waals surface area contributed by atoms with Gasteiger partial charge in [-0.2, -0.15) is 5.26 Å². The average molecular weight is 334 g/mol. The Morgan fingerprint density at radius 1 is 1.16 bits per heavy atom. The van der Waals surface area contributed by atoms with Crippen molar-refractivity contribution in [3.63, 3.8) is 0 Å². The number of nitrogens with one attached hydrogen (secondary N) is 1. The van der Waals surface area contributed by atoms with Crippen LogP contribution in [0.15, 0.2) is 42.6 Å². The van der Waals surface area contributed by atoms with Crippen LogP contribution in [-0.4, -0.2) is 25.8 Å². The van der Waals surface area contributed by atoms with Crippen LogP contribution in [0.1, 0.15) is 17.8 Å². The van der Waals surface area contributed by atoms with Crippen LogP contribution in [0.25, 0.3) is 11.4 Å². The molecular formula is C18H15FN6. The van der Waals surface area contributed by atoms with Crippen LogP contribution in [0.2, 0.25) is 0 Å². The Balaban J connectivity index is 1.55. The van der Waals surface area contributed by atoms with Gasteiger partial charge in [-0.25, -0.2) is 9.37 Å². The minimum atomic E-state index is -0.270. The van der Waals surface area contributed by atoms with Gasteiger partial charge < -0.3 is 9.88 Å². The second-order valence-corrected chi connectivity index (χ2v) is 5.98. The minimum absolute atomic E-state index is 0.183. The van der Waals surface area contributed by atoms with Gasteiger partial charge in [0.25, 0.3) is 0 Å². The SMILES string of the molecule is N#Cc1ccc(NC2CCc3nnc(-c4ccc(F)cc4)n3C2)nc1. The number of anilines is 1. The highest BCUT2D eigenvalue weighted by Crippen LogP contribution is 2.24. The fourth-order valence-corrected chi connectivity index (χ4v) is 3.01. The fraction of sp³-hybridized carbons (Fsp3) is 0.222. The normalized spacial score (nSPS) is 16.1. The lowest BCUT2D eigenvalue weighted by atomic mass is 10.1. The van der Waals surface area contributed by atoms with Crippen molar-refractivity contribution >= 4 is 5.82 Å². The Bertz CT molecular complexity index is 924. The standard InChI is InChI=1S/C18H15FN6/c19-14-4-2-13(3-5-14)18-24-23-17-8-6-15(11-25(17)18)22-16-7-1-12(9-20)10-21-16/h1-5,7,10,15H,6,8,11H2,(H,21,22). The third-order valence-electron chi connectivity index (χ3n) is 4.29. The van der Waals surface area contributed by atoms with Crippen molar-refractivity contribution in [1.29, 1.82) is 5.26 Å². The lowest BCUT2D eigenvalue weighted by Crippen LogP contribution is -2.32. The first-order valence-electron chi connectivity index (χ1n) is 8.03. The van der Waals surface area contributed by atoms with Gasteiger partial charge in [-0.3, -0.25) is 0 Å². The molecule has 7 heteroatoms. The predicted octanol–water partition coefficient (Wildman–Crippen LogP) is 2.78. The van der Waals surface area contributed by atoms with Gasteiger partial charge in [0.15, 0.2) is 5.82 Å². The molecule has 0 amide bonds. The molecular weight excluding hydrogens is 319 g/mol. The Morgan fingerprint density at radius 2 is 2.00 bits per heavy atom. The quantitative estimate of drug-likeness (QED) is 0.797. The lowest BCUT2D eigenvalue weighted by Gasteiger charge is -2.25. The Kier molecular flexibility index (Phi) is 3.86. The summed E-state index contributed by atoms with van der Waals surface area (Å²) in [6.07, 6.45) is 3.28. The van der Waals surface area contributed by atoms with E-state index in [9.17, 15) is 4.39 Å². The monoisotopic (exact) mass is 334 g/mol. The van der Waals surface area contributed by atoms with E-state index in [4.69, 9.17) is 5.26 Å². The number of aryl methyl sites for hydroxylation is 1. The Labute approximate surface area is 144 Å². The zero-order valence-corrected chi connectivity index (χ0v) is 13.4. The van der Waals surface area contributed by atoms with Crippen LogP contribution < -0.4 is 5.32 Å². The Morgan fingerprint density at radius 3 is 2.72 bits per heavy atom.